The Morgan fingerprint density at radius 1 is 1.36 bits per heavy atom. The fourth-order valence-electron chi connectivity index (χ4n) is 1.99. The number of hydrogen-bond donors (Lipinski definition) is 0. The van der Waals surface area contributed by atoms with Crippen LogP contribution in [0.3, 0.4) is 0 Å². The molecule has 0 saturated heterocycles. The minimum absolute atomic E-state index is 0.242. The highest BCUT2D eigenvalue weighted by molar-refractivity contribution is 6.49. The minimum atomic E-state index is -0.370. The van der Waals surface area contributed by atoms with Gasteiger partial charge in [-0.25, -0.2) is 4.79 Å². The summed E-state index contributed by atoms with van der Waals surface area (Å²) in [5.74, 6) is 0.0536. The van der Waals surface area contributed by atoms with Crippen LogP contribution in [-0.4, -0.2) is 18.9 Å². The van der Waals surface area contributed by atoms with E-state index in [1.807, 2.05) is 19.1 Å². The van der Waals surface area contributed by atoms with Gasteiger partial charge in [0.25, 0.3) is 0 Å². The zero-order valence-electron chi connectivity index (χ0n) is 12.3. The largest absolute Gasteiger partial charge is 0.463 e. The second-order valence-corrected chi connectivity index (χ2v) is 5.00. The zero-order valence-corrected chi connectivity index (χ0v) is 13.0. The molecule has 0 aliphatic rings. The van der Waals surface area contributed by atoms with Gasteiger partial charge in [0, 0.05) is 17.5 Å². The first kappa shape index (κ1) is 16.0. The van der Waals surface area contributed by atoms with Crippen LogP contribution in [0, 0.1) is 0 Å². The van der Waals surface area contributed by atoms with Crippen molar-refractivity contribution in [2.45, 2.75) is 13.8 Å². The molecule has 1 heterocycles. The highest BCUT2D eigenvalue weighted by Gasteiger charge is 2.09. The Bertz CT molecular complexity index is 768. The van der Waals surface area contributed by atoms with Crippen molar-refractivity contribution in [2.75, 3.05) is 6.61 Å². The van der Waals surface area contributed by atoms with Crippen molar-refractivity contribution in [1.82, 2.24) is 0 Å². The van der Waals surface area contributed by atoms with E-state index in [9.17, 15) is 9.59 Å². The molecule has 0 aliphatic carbocycles. The van der Waals surface area contributed by atoms with Crippen LogP contribution in [0.2, 0.25) is 0 Å². The molecule has 0 atom stereocenters. The maximum Gasteiger partial charge on any atom is 0.331 e. The molecule has 4 nitrogen and oxygen atoms in total. The van der Waals surface area contributed by atoms with E-state index in [0.717, 1.165) is 16.5 Å². The molecule has 0 amide bonds. The minimum Gasteiger partial charge on any atom is -0.463 e. The number of carbonyl (C=O) groups excluding carboxylic acids is 2. The van der Waals surface area contributed by atoms with E-state index in [-0.39, 0.29) is 11.0 Å². The molecule has 0 N–H and O–H groups in total. The maximum atomic E-state index is 11.5. The molecule has 0 bridgehead atoms. The molecule has 0 radical (unpaired) electrons. The number of hydrogen-bond acceptors (Lipinski definition) is 4. The maximum absolute atomic E-state index is 11.5. The number of fused-ring (bicyclic) bond motifs is 1. The normalized spacial score (nSPS) is 12.5. The lowest BCUT2D eigenvalue weighted by atomic mass is 10.1. The van der Waals surface area contributed by atoms with Gasteiger partial charge in [-0.15, -0.1) is 0 Å². The molecule has 22 heavy (non-hydrogen) atoms. The smallest absolute Gasteiger partial charge is 0.331 e. The van der Waals surface area contributed by atoms with Crippen molar-refractivity contribution in [3.05, 3.63) is 47.7 Å². The molecular weight excluding hydrogens is 304 g/mol. The second-order valence-electron chi connectivity index (χ2n) is 4.59. The molecule has 5 heteroatoms. The van der Waals surface area contributed by atoms with Gasteiger partial charge in [0.2, 0.25) is 0 Å². The molecule has 0 saturated carbocycles. The first-order valence-corrected chi connectivity index (χ1v) is 7.13. The van der Waals surface area contributed by atoms with Gasteiger partial charge in [0.15, 0.2) is 0 Å². The lowest BCUT2D eigenvalue weighted by Gasteiger charge is -2.02. The first-order valence-electron chi connectivity index (χ1n) is 6.75. The Morgan fingerprint density at radius 2 is 2.14 bits per heavy atom. The van der Waals surface area contributed by atoms with Crippen LogP contribution in [0.1, 0.15) is 25.2 Å². The number of aldehydes is 1. The first-order chi connectivity index (χ1) is 10.5. The predicted molar refractivity (Wildman–Crippen MR) is 86.4 cm³/mol. The summed E-state index contributed by atoms with van der Waals surface area (Å²) in [7, 11) is 0. The Morgan fingerprint density at radius 3 is 2.82 bits per heavy atom. The van der Waals surface area contributed by atoms with Gasteiger partial charge >= 0.3 is 5.97 Å². The van der Waals surface area contributed by atoms with Gasteiger partial charge in [-0.2, -0.15) is 0 Å². The van der Waals surface area contributed by atoms with Gasteiger partial charge in [-0.05, 0) is 43.2 Å². The van der Waals surface area contributed by atoms with Crippen molar-refractivity contribution < 1.29 is 18.7 Å². The molecule has 2 rings (SSSR count). The zero-order chi connectivity index (χ0) is 16.1. The average Bonchev–Trinajstić information content (AvgIpc) is 2.90. The molecule has 0 unspecified atom stereocenters. The second kappa shape index (κ2) is 7.09. The molecule has 1 aromatic heterocycles. The van der Waals surface area contributed by atoms with E-state index < -0.39 is 0 Å². The Kier molecular flexibility index (Phi) is 5.17. The van der Waals surface area contributed by atoms with Crippen LogP contribution in [0.4, 0.5) is 0 Å². The monoisotopic (exact) mass is 318 g/mol. The number of benzene rings is 1. The highest BCUT2D eigenvalue weighted by atomic mass is 35.5. The van der Waals surface area contributed by atoms with Gasteiger partial charge < -0.3 is 9.15 Å². The number of ether oxygens (including phenoxy) is 1. The molecule has 0 spiro atoms. The molecule has 0 fully saturated rings. The fourth-order valence-corrected chi connectivity index (χ4v) is 2.14. The number of rotatable bonds is 5. The number of allylic oxidation sites excluding steroid dienone is 2. The quantitative estimate of drug-likeness (QED) is 0.471. The Labute approximate surface area is 133 Å². The fraction of sp³-hybridized carbons (Fsp3) is 0.176. The number of furan rings is 1. The summed E-state index contributed by atoms with van der Waals surface area (Å²) in [5.41, 5.74) is 2.32. The predicted octanol–water partition coefficient (Wildman–Crippen LogP) is 4.18. The van der Waals surface area contributed by atoms with Crippen LogP contribution in [0.15, 0.2) is 40.8 Å². The highest BCUT2D eigenvalue weighted by Crippen LogP contribution is 2.29. The third kappa shape index (κ3) is 3.65. The standard InChI is InChI=1S/C17H15ClO4/c1-3-21-17(20)8-11(2)12-4-5-15-13(9-12)10-16(22-15)14(18)6-7-19/h4-10H,3H2,1-2H3. The van der Waals surface area contributed by atoms with Crippen molar-refractivity contribution in [1.29, 1.82) is 0 Å². The van der Waals surface area contributed by atoms with E-state index in [4.69, 9.17) is 20.8 Å². The summed E-state index contributed by atoms with van der Waals surface area (Å²) in [4.78, 5) is 21.9. The van der Waals surface area contributed by atoms with E-state index in [1.165, 1.54) is 12.2 Å². The molecule has 114 valence electrons. The van der Waals surface area contributed by atoms with Crippen molar-refractivity contribution in [2.24, 2.45) is 0 Å². The summed E-state index contributed by atoms with van der Waals surface area (Å²) in [5, 5.41) is 1.08. The van der Waals surface area contributed by atoms with Crippen LogP contribution >= 0.6 is 11.6 Å². The van der Waals surface area contributed by atoms with Crippen LogP contribution in [0.25, 0.3) is 21.6 Å². The SMILES string of the molecule is CCOC(=O)C=C(C)c1ccc2oc(C(Cl)=CC=O)cc2c1. The summed E-state index contributed by atoms with van der Waals surface area (Å²) >= 11 is 5.95. The van der Waals surface area contributed by atoms with Crippen LogP contribution in [0.5, 0.6) is 0 Å². The van der Waals surface area contributed by atoms with Gasteiger partial charge in [0.1, 0.15) is 17.6 Å². The van der Waals surface area contributed by atoms with Crippen LogP contribution < -0.4 is 0 Å². The lowest BCUT2D eigenvalue weighted by Crippen LogP contribution is -2.00. The van der Waals surface area contributed by atoms with Crippen LogP contribution in [-0.2, 0) is 14.3 Å². The van der Waals surface area contributed by atoms with Crippen molar-refractivity contribution >= 4 is 45.4 Å². The van der Waals surface area contributed by atoms with E-state index in [1.54, 1.807) is 19.1 Å². The van der Waals surface area contributed by atoms with Crippen molar-refractivity contribution in [3.8, 4) is 0 Å². The van der Waals surface area contributed by atoms with E-state index in [2.05, 4.69) is 0 Å². The summed E-state index contributed by atoms with van der Waals surface area (Å²) in [6.45, 7) is 3.93. The van der Waals surface area contributed by atoms with Gasteiger partial charge in [-0.1, -0.05) is 17.7 Å². The van der Waals surface area contributed by atoms with Crippen molar-refractivity contribution in [3.63, 3.8) is 0 Å². The number of esters is 1. The molecule has 2 aromatic rings. The van der Waals surface area contributed by atoms with E-state index in [0.29, 0.717) is 24.2 Å². The van der Waals surface area contributed by atoms with E-state index >= 15 is 0 Å². The number of carbonyl (C=O) groups is 2. The van der Waals surface area contributed by atoms with Gasteiger partial charge in [-0.3, -0.25) is 4.79 Å². The van der Waals surface area contributed by atoms with Gasteiger partial charge in [0.05, 0.1) is 11.6 Å². The summed E-state index contributed by atoms with van der Waals surface area (Å²) in [6.07, 6.45) is 3.28. The third-order valence-corrected chi connectivity index (χ3v) is 3.35. The Balaban J connectivity index is 2.36. The Hall–Kier alpha value is -2.33. The summed E-state index contributed by atoms with van der Waals surface area (Å²) in [6, 6.07) is 7.27. The lowest BCUT2D eigenvalue weighted by molar-refractivity contribution is -0.137. The molecule has 0 aliphatic heterocycles. The summed E-state index contributed by atoms with van der Waals surface area (Å²) < 4.78 is 10.5. The third-order valence-electron chi connectivity index (χ3n) is 3.04. The average molecular weight is 319 g/mol. The number of halogens is 1. The topological polar surface area (TPSA) is 56.5 Å². The molecule has 1 aromatic carbocycles. The molecular formula is C17H15ClO4.